The second kappa shape index (κ2) is 4.88. The van der Waals surface area contributed by atoms with Crippen LogP contribution < -0.4 is 0 Å². The van der Waals surface area contributed by atoms with Crippen LogP contribution in [0.1, 0.15) is 18.6 Å². The molecule has 1 N–H and O–H groups in total. The van der Waals surface area contributed by atoms with Gasteiger partial charge in [0, 0.05) is 0 Å². The fourth-order valence-electron chi connectivity index (χ4n) is 0.933. The first kappa shape index (κ1) is 11.6. The first-order valence-corrected chi connectivity index (χ1v) is 6.63. The first-order chi connectivity index (χ1) is 6.49. The third kappa shape index (κ3) is 4.19. The van der Waals surface area contributed by atoms with Crippen LogP contribution in [0.25, 0.3) is 0 Å². The molecule has 0 aromatic carbocycles. The van der Waals surface area contributed by atoms with Gasteiger partial charge < -0.3 is 4.74 Å². The summed E-state index contributed by atoms with van der Waals surface area (Å²) < 4.78 is 34.4. The lowest BCUT2D eigenvalue weighted by Crippen LogP contribution is -2.12. The number of ether oxygens (including phenoxy) is 1. The molecule has 0 aliphatic heterocycles. The molecule has 1 atom stereocenters. The summed E-state index contributed by atoms with van der Waals surface area (Å²) >= 11 is 1.56. The highest BCUT2D eigenvalue weighted by Gasteiger charge is 2.09. The zero-order valence-electron chi connectivity index (χ0n) is 7.71. The summed E-state index contributed by atoms with van der Waals surface area (Å²) in [4.78, 5) is 0. The maximum Gasteiger partial charge on any atom is 0.267 e. The molecule has 1 aromatic heterocycles. The first-order valence-electron chi connectivity index (χ1n) is 4.08. The van der Waals surface area contributed by atoms with Gasteiger partial charge in [-0.25, -0.2) is 0 Å². The van der Waals surface area contributed by atoms with Crippen LogP contribution in [-0.4, -0.2) is 25.3 Å². The van der Waals surface area contributed by atoms with Gasteiger partial charge in [0.25, 0.3) is 10.1 Å². The van der Waals surface area contributed by atoms with Crippen LogP contribution in [-0.2, 0) is 14.9 Å². The molecule has 0 spiro atoms. The van der Waals surface area contributed by atoms with Crippen molar-refractivity contribution in [3.05, 3.63) is 22.4 Å². The largest absolute Gasteiger partial charge is 0.373 e. The fraction of sp³-hybridized carbons (Fsp3) is 0.500. The molecule has 0 aliphatic carbocycles. The van der Waals surface area contributed by atoms with Gasteiger partial charge in [-0.2, -0.15) is 19.8 Å². The minimum absolute atomic E-state index is 0.00977. The zero-order chi connectivity index (χ0) is 10.6. The zero-order valence-corrected chi connectivity index (χ0v) is 9.35. The van der Waals surface area contributed by atoms with E-state index in [-0.39, 0.29) is 18.5 Å². The van der Waals surface area contributed by atoms with Crippen molar-refractivity contribution >= 4 is 21.5 Å². The second-order valence-electron chi connectivity index (χ2n) is 2.86. The highest BCUT2D eigenvalue weighted by Crippen LogP contribution is 2.18. The second-order valence-corrected chi connectivity index (χ2v) is 5.21. The Morgan fingerprint density at radius 2 is 2.36 bits per heavy atom. The van der Waals surface area contributed by atoms with Gasteiger partial charge >= 0.3 is 0 Å². The summed E-state index contributed by atoms with van der Waals surface area (Å²) in [7, 11) is -3.91. The summed E-state index contributed by atoms with van der Waals surface area (Å²) in [5.74, 6) is -0.360. The minimum atomic E-state index is -3.91. The predicted octanol–water partition coefficient (Wildman–Crippen LogP) is 1.71. The molecule has 0 radical (unpaired) electrons. The smallest absolute Gasteiger partial charge is 0.267 e. The molecular formula is C8H12O4S2. The van der Waals surface area contributed by atoms with Crippen molar-refractivity contribution in [1.29, 1.82) is 0 Å². The Morgan fingerprint density at radius 3 is 2.86 bits per heavy atom. The molecule has 4 nitrogen and oxygen atoms in total. The Kier molecular flexibility index (Phi) is 4.06. The Bertz CT molecular complexity index is 355. The molecule has 0 saturated carbocycles. The van der Waals surface area contributed by atoms with Crippen molar-refractivity contribution < 1.29 is 17.7 Å². The molecule has 1 unspecified atom stereocenters. The topological polar surface area (TPSA) is 63.6 Å². The summed E-state index contributed by atoms with van der Waals surface area (Å²) in [6, 6.07) is 1.92. The Hall–Kier alpha value is -0.430. The summed E-state index contributed by atoms with van der Waals surface area (Å²) in [5, 5.41) is 3.87. The van der Waals surface area contributed by atoms with E-state index in [1.165, 1.54) is 0 Å². The Labute approximate surface area is 87.3 Å². The van der Waals surface area contributed by atoms with Gasteiger partial charge in [0.15, 0.2) is 0 Å². The molecule has 6 heteroatoms. The van der Waals surface area contributed by atoms with Crippen molar-refractivity contribution in [1.82, 2.24) is 0 Å². The van der Waals surface area contributed by atoms with Gasteiger partial charge in [0.2, 0.25) is 0 Å². The molecule has 0 fully saturated rings. The molecule has 80 valence electrons. The highest BCUT2D eigenvalue weighted by atomic mass is 32.2. The van der Waals surface area contributed by atoms with Crippen molar-refractivity contribution in [2.24, 2.45) is 0 Å². The van der Waals surface area contributed by atoms with Crippen molar-refractivity contribution in [3.8, 4) is 0 Å². The lowest BCUT2D eigenvalue weighted by molar-refractivity contribution is 0.0773. The lowest BCUT2D eigenvalue weighted by Gasteiger charge is -2.10. The molecular weight excluding hydrogens is 224 g/mol. The van der Waals surface area contributed by atoms with Gasteiger partial charge in [-0.15, -0.1) is 0 Å². The molecule has 0 amide bonds. The third-order valence-corrected chi connectivity index (χ3v) is 3.11. The molecule has 1 rings (SSSR count). The van der Waals surface area contributed by atoms with Crippen molar-refractivity contribution in [2.75, 3.05) is 12.4 Å². The van der Waals surface area contributed by atoms with E-state index in [1.807, 2.05) is 23.8 Å². The molecule has 0 bridgehead atoms. The molecule has 0 saturated heterocycles. The van der Waals surface area contributed by atoms with Crippen LogP contribution in [0.2, 0.25) is 0 Å². The monoisotopic (exact) mass is 236 g/mol. The molecule has 1 heterocycles. The van der Waals surface area contributed by atoms with E-state index in [0.717, 1.165) is 5.56 Å². The van der Waals surface area contributed by atoms with Gasteiger partial charge in [0.05, 0.1) is 18.5 Å². The van der Waals surface area contributed by atoms with Gasteiger partial charge in [-0.1, -0.05) is 0 Å². The van der Waals surface area contributed by atoms with E-state index in [9.17, 15) is 8.42 Å². The summed E-state index contributed by atoms with van der Waals surface area (Å²) in [6.07, 6.45) is -0.136. The number of hydrogen-bond acceptors (Lipinski definition) is 4. The lowest BCUT2D eigenvalue weighted by atomic mass is 10.2. The molecule has 0 aliphatic rings. The van der Waals surface area contributed by atoms with E-state index in [2.05, 4.69) is 0 Å². The van der Waals surface area contributed by atoms with Crippen LogP contribution in [0, 0.1) is 0 Å². The van der Waals surface area contributed by atoms with Crippen LogP contribution in [0.15, 0.2) is 16.8 Å². The standard InChI is InChI=1S/C8H12O4S2/c1-7(8-2-4-13-6-8)12-3-5-14(9,10)11/h2,4,6-7H,3,5H2,1H3,(H,9,10,11). The van der Waals surface area contributed by atoms with E-state index < -0.39 is 10.1 Å². The van der Waals surface area contributed by atoms with Crippen LogP contribution in [0.5, 0.6) is 0 Å². The number of hydrogen-bond donors (Lipinski definition) is 1. The van der Waals surface area contributed by atoms with E-state index >= 15 is 0 Å². The molecule has 14 heavy (non-hydrogen) atoms. The average molecular weight is 236 g/mol. The van der Waals surface area contributed by atoms with Crippen LogP contribution in [0.3, 0.4) is 0 Å². The summed E-state index contributed by atoms with van der Waals surface area (Å²) in [6.45, 7) is 1.85. The summed E-state index contributed by atoms with van der Waals surface area (Å²) in [5.41, 5.74) is 1.02. The predicted molar refractivity (Wildman–Crippen MR) is 55.1 cm³/mol. The quantitative estimate of drug-likeness (QED) is 0.790. The fourth-order valence-corrected chi connectivity index (χ4v) is 1.98. The van der Waals surface area contributed by atoms with Crippen molar-refractivity contribution in [2.45, 2.75) is 13.0 Å². The van der Waals surface area contributed by atoms with E-state index in [0.29, 0.717) is 0 Å². The van der Waals surface area contributed by atoms with Crippen LogP contribution >= 0.6 is 11.3 Å². The normalized spacial score (nSPS) is 14.1. The average Bonchev–Trinajstić information content (AvgIpc) is 2.53. The third-order valence-electron chi connectivity index (χ3n) is 1.72. The number of rotatable bonds is 5. The minimum Gasteiger partial charge on any atom is -0.373 e. The Morgan fingerprint density at radius 1 is 1.64 bits per heavy atom. The Balaban J connectivity index is 2.33. The molecule has 1 aromatic rings. The SMILES string of the molecule is CC(OCCS(=O)(=O)O)c1ccsc1. The van der Waals surface area contributed by atoms with E-state index in [1.54, 1.807) is 11.3 Å². The van der Waals surface area contributed by atoms with E-state index in [4.69, 9.17) is 9.29 Å². The maximum absolute atomic E-state index is 10.4. The number of thiophene rings is 1. The van der Waals surface area contributed by atoms with Gasteiger partial charge in [-0.05, 0) is 29.3 Å². The highest BCUT2D eigenvalue weighted by molar-refractivity contribution is 7.85. The van der Waals surface area contributed by atoms with Crippen molar-refractivity contribution in [3.63, 3.8) is 0 Å². The maximum atomic E-state index is 10.4. The van der Waals surface area contributed by atoms with Gasteiger partial charge in [0.1, 0.15) is 0 Å². The van der Waals surface area contributed by atoms with Gasteiger partial charge in [-0.3, -0.25) is 4.55 Å². The van der Waals surface area contributed by atoms with Crippen LogP contribution in [0.4, 0.5) is 0 Å².